The predicted molar refractivity (Wildman–Crippen MR) is 122 cm³/mol. The molecule has 4 rings (SSSR count). The highest BCUT2D eigenvalue weighted by Gasteiger charge is 2.24. The van der Waals surface area contributed by atoms with Gasteiger partial charge in [0.25, 0.3) is 0 Å². The largest absolute Gasteiger partial charge is 0.480 e. The van der Waals surface area contributed by atoms with Gasteiger partial charge in [0.15, 0.2) is 0 Å². The Bertz CT molecular complexity index is 996. The molecule has 1 fully saturated rings. The summed E-state index contributed by atoms with van der Waals surface area (Å²) in [6.07, 6.45) is 6.18. The standard InChI is InChI=1S/C25H27N3O3/c26-22(25(31)27-15-23(29)30)16-28-13-11-19(12-14-28)24-20-7-3-1-5-17(20)9-10-18-6-2-4-8-21(18)24/h1-10,22H,11-16,26H2,(H,27,31)(H,29,30)/t22-/m0/s1. The van der Waals surface area contributed by atoms with Crippen LogP contribution in [0, 0.1) is 0 Å². The van der Waals surface area contributed by atoms with Gasteiger partial charge in [-0.1, -0.05) is 66.3 Å². The number of fused-ring (bicyclic) bond motifs is 2. The van der Waals surface area contributed by atoms with E-state index >= 15 is 0 Å². The number of nitrogens with zero attached hydrogens (tertiary/aromatic N) is 1. The minimum absolute atomic E-state index is 0.407. The summed E-state index contributed by atoms with van der Waals surface area (Å²) < 4.78 is 0. The van der Waals surface area contributed by atoms with Crippen molar-refractivity contribution in [3.8, 4) is 0 Å². The van der Waals surface area contributed by atoms with Crippen molar-refractivity contribution in [1.29, 1.82) is 0 Å². The van der Waals surface area contributed by atoms with Crippen molar-refractivity contribution < 1.29 is 14.7 Å². The van der Waals surface area contributed by atoms with Gasteiger partial charge in [-0.15, -0.1) is 0 Å². The Balaban J connectivity index is 1.53. The van der Waals surface area contributed by atoms with Gasteiger partial charge in [-0.25, -0.2) is 0 Å². The number of carboxylic acid groups (broad SMARTS) is 1. The Morgan fingerprint density at radius 2 is 1.52 bits per heavy atom. The number of amides is 1. The monoisotopic (exact) mass is 417 g/mol. The Kier molecular flexibility index (Phi) is 6.30. The summed E-state index contributed by atoms with van der Waals surface area (Å²) in [4.78, 5) is 24.8. The number of carboxylic acids is 1. The average molecular weight is 418 g/mol. The first kappa shape index (κ1) is 21.0. The quantitative estimate of drug-likeness (QED) is 0.593. The van der Waals surface area contributed by atoms with Crippen LogP contribution in [-0.4, -0.2) is 54.1 Å². The summed E-state index contributed by atoms with van der Waals surface area (Å²) in [7, 11) is 0. The smallest absolute Gasteiger partial charge is 0.322 e. The number of rotatable bonds is 5. The van der Waals surface area contributed by atoms with E-state index in [9.17, 15) is 9.59 Å². The molecule has 4 N–H and O–H groups in total. The summed E-state index contributed by atoms with van der Waals surface area (Å²) in [5, 5.41) is 11.1. The van der Waals surface area contributed by atoms with Crippen molar-refractivity contribution in [3.05, 3.63) is 76.4 Å². The van der Waals surface area contributed by atoms with Crippen LogP contribution in [0.5, 0.6) is 0 Å². The second-order valence-corrected chi connectivity index (χ2v) is 8.01. The highest BCUT2D eigenvalue weighted by molar-refractivity contribution is 5.95. The van der Waals surface area contributed by atoms with E-state index in [4.69, 9.17) is 10.8 Å². The number of piperidine rings is 1. The molecule has 1 saturated heterocycles. The molecule has 31 heavy (non-hydrogen) atoms. The van der Waals surface area contributed by atoms with Gasteiger partial charge in [-0.3, -0.25) is 9.59 Å². The van der Waals surface area contributed by atoms with Crippen molar-refractivity contribution in [2.75, 3.05) is 26.2 Å². The first-order valence-corrected chi connectivity index (χ1v) is 10.6. The van der Waals surface area contributed by atoms with Crippen molar-refractivity contribution >= 4 is 29.6 Å². The molecule has 0 spiro atoms. The molecule has 0 saturated carbocycles. The molecule has 0 bridgehead atoms. The number of carbonyl (C=O) groups is 2. The maximum Gasteiger partial charge on any atom is 0.322 e. The second kappa shape index (κ2) is 9.29. The van der Waals surface area contributed by atoms with E-state index in [-0.39, 0.29) is 0 Å². The molecule has 160 valence electrons. The third kappa shape index (κ3) is 4.76. The molecule has 0 aromatic heterocycles. The van der Waals surface area contributed by atoms with Gasteiger partial charge in [0, 0.05) is 19.6 Å². The number of nitrogens with two attached hydrogens (primary N) is 1. The Morgan fingerprint density at radius 1 is 0.968 bits per heavy atom. The molecule has 1 atom stereocenters. The highest BCUT2D eigenvalue weighted by Crippen LogP contribution is 2.38. The van der Waals surface area contributed by atoms with Crippen LogP contribution in [0.25, 0.3) is 17.7 Å². The van der Waals surface area contributed by atoms with E-state index in [1.54, 1.807) is 0 Å². The van der Waals surface area contributed by atoms with Crippen LogP contribution in [0.1, 0.15) is 35.1 Å². The lowest BCUT2D eigenvalue weighted by molar-refractivity contribution is -0.138. The zero-order valence-corrected chi connectivity index (χ0v) is 17.4. The van der Waals surface area contributed by atoms with Crippen molar-refractivity contribution in [2.24, 2.45) is 5.73 Å². The summed E-state index contributed by atoms with van der Waals surface area (Å²) in [6, 6.07) is 16.3. The number of hydrogen-bond donors (Lipinski definition) is 3. The fourth-order valence-electron chi connectivity index (χ4n) is 4.36. The summed E-state index contributed by atoms with van der Waals surface area (Å²) in [6.45, 7) is 1.64. The number of hydrogen-bond acceptors (Lipinski definition) is 4. The van der Waals surface area contributed by atoms with E-state index in [1.807, 2.05) is 0 Å². The van der Waals surface area contributed by atoms with Gasteiger partial charge in [-0.2, -0.15) is 0 Å². The predicted octanol–water partition coefficient (Wildman–Crippen LogP) is 2.60. The molecule has 0 unspecified atom stereocenters. The third-order valence-corrected chi connectivity index (χ3v) is 5.92. The Labute approximate surface area is 182 Å². The van der Waals surface area contributed by atoms with Crippen LogP contribution in [0.15, 0.2) is 54.1 Å². The Hall–Kier alpha value is -3.22. The molecule has 1 heterocycles. The van der Waals surface area contributed by atoms with Crippen LogP contribution < -0.4 is 11.1 Å². The van der Waals surface area contributed by atoms with E-state index in [0.29, 0.717) is 6.54 Å². The van der Waals surface area contributed by atoms with Gasteiger partial charge in [-0.05, 0) is 40.7 Å². The lowest BCUT2D eigenvalue weighted by Gasteiger charge is -2.31. The highest BCUT2D eigenvalue weighted by atomic mass is 16.4. The minimum Gasteiger partial charge on any atom is -0.480 e. The molecule has 2 aliphatic rings. The second-order valence-electron chi connectivity index (χ2n) is 8.01. The number of aliphatic carboxylic acids is 1. The Morgan fingerprint density at radius 3 is 2.06 bits per heavy atom. The lowest BCUT2D eigenvalue weighted by atomic mass is 9.86. The molecule has 6 heteroatoms. The average Bonchev–Trinajstić information content (AvgIpc) is 2.95. The van der Waals surface area contributed by atoms with Crippen molar-refractivity contribution in [2.45, 2.75) is 18.9 Å². The SMILES string of the molecule is N[C@@H](CN1CCC(=C2c3ccccc3C=Cc3ccccc32)CC1)C(=O)NCC(=O)O. The van der Waals surface area contributed by atoms with E-state index in [0.717, 1.165) is 25.9 Å². The fraction of sp³-hybridized carbons (Fsp3) is 0.280. The van der Waals surface area contributed by atoms with Gasteiger partial charge >= 0.3 is 5.97 Å². The normalized spacial score (nSPS) is 16.8. The summed E-state index contributed by atoms with van der Waals surface area (Å²) >= 11 is 0. The molecule has 1 aliphatic heterocycles. The zero-order valence-electron chi connectivity index (χ0n) is 17.4. The number of nitrogens with one attached hydrogen (secondary N) is 1. The topological polar surface area (TPSA) is 95.7 Å². The molecular formula is C25H27N3O3. The van der Waals surface area contributed by atoms with Gasteiger partial charge < -0.3 is 21.1 Å². The van der Waals surface area contributed by atoms with Gasteiger partial charge in [0.05, 0.1) is 6.04 Å². The van der Waals surface area contributed by atoms with Crippen LogP contribution in [0.3, 0.4) is 0 Å². The molecular weight excluding hydrogens is 390 g/mol. The molecule has 1 amide bonds. The maximum atomic E-state index is 12.0. The minimum atomic E-state index is -1.08. The lowest BCUT2D eigenvalue weighted by Crippen LogP contribution is -2.50. The van der Waals surface area contributed by atoms with Crippen LogP contribution in [0.2, 0.25) is 0 Å². The van der Waals surface area contributed by atoms with Crippen LogP contribution >= 0.6 is 0 Å². The molecule has 0 radical (unpaired) electrons. The van der Waals surface area contributed by atoms with Gasteiger partial charge in [0.2, 0.25) is 5.91 Å². The summed E-state index contributed by atoms with van der Waals surface area (Å²) in [5.41, 5.74) is 13.7. The molecule has 6 nitrogen and oxygen atoms in total. The fourth-order valence-corrected chi connectivity index (χ4v) is 4.36. The summed E-state index contributed by atoms with van der Waals surface area (Å²) in [5.74, 6) is -1.50. The molecule has 2 aromatic carbocycles. The molecule has 2 aromatic rings. The van der Waals surface area contributed by atoms with Gasteiger partial charge in [0.1, 0.15) is 6.54 Å². The first-order valence-electron chi connectivity index (χ1n) is 10.6. The molecule has 1 aliphatic carbocycles. The van der Waals surface area contributed by atoms with Crippen molar-refractivity contribution in [1.82, 2.24) is 10.2 Å². The van der Waals surface area contributed by atoms with Crippen LogP contribution in [0.4, 0.5) is 0 Å². The number of carbonyl (C=O) groups excluding carboxylic acids is 1. The van der Waals surface area contributed by atoms with Crippen LogP contribution in [-0.2, 0) is 9.59 Å². The third-order valence-electron chi connectivity index (χ3n) is 5.92. The van der Waals surface area contributed by atoms with Crippen molar-refractivity contribution in [3.63, 3.8) is 0 Å². The first-order chi connectivity index (χ1) is 15.0. The zero-order chi connectivity index (χ0) is 21.8. The van der Waals surface area contributed by atoms with E-state index < -0.39 is 24.5 Å². The maximum absolute atomic E-state index is 12.0. The number of likely N-dealkylation sites (tertiary alicyclic amines) is 1. The number of benzene rings is 2. The van der Waals surface area contributed by atoms with E-state index in [1.165, 1.54) is 33.4 Å². The van der Waals surface area contributed by atoms with E-state index in [2.05, 4.69) is 70.9 Å².